The molecule has 0 bridgehead atoms. The van der Waals surface area contributed by atoms with Crippen LogP contribution in [0.15, 0.2) is 23.1 Å². The van der Waals surface area contributed by atoms with E-state index in [1.165, 1.54) is 19.2 Å². The van der Waals surface area contributed by atoms with E-state index in [0.717, 1.165) is 25.3 Å². The molecule has 1 fully saturated rings. The van der Waals surface area contributed by atoms with Crippen molar-refractivity contribution in [1.82, 2.24) is 4.72 Å². The minimum atomic E-state index is -3.84. The third kappa shape index (κ3) is 3.86. The number of nitrogens with zero attached hydrogens (tertiary/aromatic N) is 1. The van der Waals surface area contributed by atoms with Crippen LogP contribution >= 0.6 is 12.4 Å². The minimum absolute atomic E-state index is 0. The molecule has 0 radical (unpaired) electrons. The molecule has 0 spiro atoms. The summed E-state index contributed by atoms with van der Waals surface area (Å²) < 4.78 is 31.6. The molecule has 3 N–H and O–H groups in total. The number of sulfonamides is 1. The first-order valence-corrected chi connectivity index (χ1v) is 7.87. The molecule has 1 aliphatic rings. The second-order valence-electron chi connectivity index (χ2n) is 5.13. The SMILES string of the molecule is COc1ccc(S(=O)(=O)NCC2(N)CCC2)cc1[N+](=O)[O-].Cl. The number of rotatable bonds is 6. The van der Waals surface area contributed by atoms with E-state index in [9.17, 15) is 18.5 Å². The molecule has 0 unspecified atom stereocenters. The molecule has 22 heavy (non-hydrogen) atoms. The molecule has 2 rings (SSSR count). The fraction of sp³-hybridized carbons (Fsp3) is 0.500. The van der Waals surface area contributed by atoms with E-state index in [4.69, 9.17) is 10.5 Å². The number of ether oxygens (including phenoxy) is 1. The summed E-state index contributed by atoms with van der Waals surface area (Å²) in [6.45, 7) is 0.120. The van der Waals surface area contributed by atoms with E-state index in [0.29, 0.717) is 0 Å². The number of nitro groups is 1. The molecular weight excluding hydrogens is 334 g/mol. The summed E-state index contributed by atoms with van der Waals surface area (Å²) in [5.74, 6) is 0.00763. The number of halogens is 1. The minimum Gasteiger partial charge on any atom is -0.490 e. The van der Waals surface area contributed by atoms with Crippen LogP contribution in [-0.2, 0) is 10.0 Å². The maximum atomic E-state index is 12.2. The third-order valence-corrected chi connectivity index (χ3v) is 5.02. The van der Waals surface area contributed by atoms with Crippen molar-refractivity contribution in [2.24, 2.45) is 5.73 Å². The predicted molar refractivity (Wildman–Crippen MR) is 82.9 cm³/mol. The normalized spacial score (nSPS) is 16.3. The van der Waals surface area contributed by atoms with E-state index in [2.05, 4.69) is 4.72 Å². The first-order chi connectivity index (χ1) is 9.77. The van der Waals surface area contributed by atoms with Gasteiger partial charge in [0.05, 0.1) is 16.9 Å². The second-order valence-corrected chi connectivity index (χ2v) is 6.90. The van der Waals surface area contributed by atoms with Gasteiger partial charge in [-0.3, -0.25) is 10.1 Å². The molecule has 1 saturated carbocycles. The van der Waals surface area contributed by atoms with Crippen LogP contribution in [0, 0.1) is 10.1 Å². The van der Waals surface area contributed by atoms with Crippen LogP contribution in [0.2, 0.25) is 0 Å². The zero-order valence-corrected chi connectivity index (χ0v) is 13.6. The fourth-order valence-electron chi connectivity index (χ4n) is 2.11. The van der Waals surface area contributed by atoms with Gasteiger partial charge in [-0.1, -0.05) is 0 Å². The summed E-state index contributed by atoms with van der Waals surface area (Å²) in [6.07, 6.45) is 2.50. The summed E-state index contributed by atoms with van der Waals surface area (Å²) in [6, 6.07) is 3.50. The van der Waals surface area contributed by atoms with Crippen molar-refractivity contribution in [1.29, 1.82) is 0 Å². The number of benzene rings is 1. The summed E-state index contributed by atoms with van der Waals surface area (Å²) in [5.41, 5.74) is 5.05. The van der Waals surface area contributed by atoms with Crippen LogP contribution < -0.4 is 15.2 Å². The van der Waals surface area contributed by atoms with Gasteiger partial charge in [-0.05, 0) is 31.4 Å². The Balaban J connectivity index is 0.00000242. The molecule has 0 atom stereocenters. The van der Waals surface area contributed by atoms with Crippen LogP contribution in [0.4, 0.5) is 5.69 Å². The van der Waals surface area contributed by atoms with Crippen LogP contribution in [-0.4, -0.2) is 32.5 Å². The summed E-state index contributed by atoms with van der Waals surface area (Å²) in [4.78, 5) is 10.1. The number of nitrogens with two attached hydrogens (primary N) is 1. The Hall–Kier alpha value is -1.42. The topological polar surface area (TPSA) is 125 Å². The molecule has 0 saturated heterocycles. The van der Waals surface area contributed by atoms with Crippen LogP contribution in [0.1, 0.15) is 19.3 Å². The Labute approximate surface area is 134 Å². The van der Waals surface area contributed by atoms with Gasteiger partial charge in [0.15, 0.2) is 5.75 Å². The Bertz CT molecular complexity index is 661. The number of hydrogen-bond acceptors (Lipinski definition) is 6. The average Bonchev–Trinajstić information content (AvgIpc) is 2.42. The van der Waals surface area contributed by atoms with Crippen molar-refractivity contribution >= 4 is 28.1 Å². The van der Waals surface area contributed by atoms with E-state index < -0.39 is 26.2 Å². The quantitative estimate of drug-likeness (QED) is 0.585. The fourth-order valence-corrected chi connectivity index (χ4v) is 3.27. The Morgan fingerprint density at radius 3 is 2.55 bits per heavy atom. The van der Waals surface area contributed by atoms with Crippen molar-refractivity contribution in [2.45, 2.75) is 29.7 Å². The van der Waals surface area contributed by atoms with Gasteiger partial charge in [-0.25, -0.2) is 13.1 Å². The van der Waals surface area contributed by atoms with Gasteiger partial charge >= 0.3 is 5.69 Å². The number of nitro benzene ring substituents is 1. The second kappa shape index (κ2) is 6.78. The van der Waals surface area contributed by atoms with Gasteiger partial charge in [0.2, 0.25) is 10.0 Å². The Kier molecular flexibility index (Phi) is 5.74. The summed E-state index contributed by atoms with van der Waals surface area (Å²) in [5, 5.41) is 10.9. The molecule has 0 amide bonds. The lowest BCUT2D eigenvalue weighted by atomic mass is 9.78. The van der Waals surface area contributed by atoms with E-state index in [1.54, 1.807) is 0 Å². The van der Waals surface area contributed by atoms with E-state index >= 15 is 0 Å². The monoisotopic (exact) mass is 351 g/mol. The number of nitrogens with one attached hydrogen (secondary N) is 1. The van der Waals surface area contributed by atoms with Crippen LogP contribution in [0.25, 0.3) is 0 Å². The van der Waals surface area contributed by atoms with Gasteiger partial charge < -0.3 is 10.5 Å². The maximum Gasteiger partial charge on any atom is 0.312 e. The lowest BCUT2D eigenvalue weighted by Gasteiger charge is -2.37. The zero-order valence-electron chi connectivity index (χ0n) is 11.9. The van der Waals surface area contributed by atoms with Crippen molar-refractivity contribution in [2.75, 3.05) is 13.7 Å². The predicted octanol–water partition coefficient (Wildman–Crippen LogP) is 1.18. The molecule has 1 aromatic carbocycles. The smallest absolute Gasteiger partial charge is 0.312 e. The molecule has 124 valence electrons. The van der Waals surface area contributed by atoms with Crippen molar-refractivity contribution in [3.8, 4) is 5.75 Å². The van der Waals surface area contributed by atoms with Gasteiger partial charge in [0.1, 0.15) is 0 Å². The van der Waals surface area contributed by atoms with Crippen molar-refractivity contribution < 1.29 is 18.1 Å². The number of methoxy groups -OCH3 is 1. The van der Waals surface area contributed by atoms with E-state index in [-0.39, 0.29) is 29.6 Å². The summed E-state index contributed by atoms with van der Waals surface area (Å²) in [7, 11) is -2.56. The molecule has 0 heterocycles. The Morgan fingerprint density at radius 2 is 2.09 bits per heavy atom. The summed E-state index contributed by atoms with van der Waals surface area (Å²) >= 11 is 0. The van der Waals surface area contributed by atoms with Gasteiger partial charge in [0, 0.05) is 18.2 Å². The van der Waals surface area contributed by atoms with Crippen LogP contribution in [0.3, 0.4) is 0 Å². The van der Waals surface area contributed by atoms with Crippen molar-refractivity contribution in [3.05, 3.63) is 28.3 Å². The highest BCUT2D eigenvalue weighted by molar-refractivity contribution is 7.89. The van der Waals surface area contributed by atoms with Gasteiger partial charge in [-0.2, -0.15) is 0 Å². The highest BCUT2D eigenvalue weighted by Crippen LogP contribution is 2.31. The lowest BCUT2D eigenvalue weighted by molar-refractivity contribution is -0.386. The Morgan fingerprint density at radius 1 is 1.45 bits per heavy atom. The largest absolute Gasteiger partial charge is 0.490 e. The number of hydrogen-bond donors (Lipinski definition) is 2. The molecule has 0 aliphatic heterocycles. The first kappa shape index (κ1) is 18.6. The van der Waals surface area contributed by atoms with E-state index in [1.807, 2.05) is 0 Å². The van der Waals surface area contributed by atoms with Crippen LogP contribution in [0.5, 0.6) is 5.75 Å². The third-order valence-electron chi connectivity index (χ3n) is 3.62. The molecule has 10 heteroatoms. The van der Waals surface area contributed by atoms with Crippen molar-refractivity contribution in [3.63, 3.8) is 0 Å². The standard InChI is InChI=1S/C12H17N3O5S.ClH/c1-20-11-4-3-9(7-10(11)15(16)17)21(18,19)14-8-12(13)5-2-6-12;/h3-4,7,14H,2,5-6,8,13H2,1H3;1H. The maximum absolute atomic E-state index is 12.2. The molecule has 0 aromatic heterocycles. The molecule has 8 nitrogen and oxygen atoms in total. The highest BCUT2D eigenvalue weighted by atomic mass is 35.5. The van der Waals surface area contributed by atoms with Gasteiger partial charge in [0.25, 0.3) is 0 Å². The average molecular weight is 352 g/mol. The highest BCUT2D eigenvalue weighted by Gasteiger charge is 2.34. The molecule has 1 aromatic rings. The molecular formula is C12H18ClN3O5S. The lowest BCUT2D eigenvalue weighted by Crippen LogP contribution is -2.54. The van der Waals surface area contributed by atoms with Gasteiger partial charge in [-0.15, -0.1) is 12.4 Å². The zero-order chi connectivity index (χ0) is 15.7. The first-order valence-electron chi connectivity index (χ1n) is 6.38. The molecule has 1 aliphatic carbocycles.